The number of ether oxygens (including phenoxy) is 2. The van der Waals surface area contributed by atoms with Crippen LogP contribution in [-0.4, -0.2) is 74.7 Å². The number of amides is 2. The molecule has 0 aliphatic carbocycles. The molecule has 2 aliphatic rings. The number of methoxy groups -OCH3 is 1. The summed E-state index contributed by atoms with van der Waals surface area (Å²) in [6.07, 6.45) is 2.46. The summed E-state index contributed by atoms with van der Waals surface area (Å²) in [5.74, 6) is -0.264. The van der Waals surface area contributed by atoms with E-state index in [0.717, 1.165) is 42.8 Å². The third kappa shape index (κ3) is 4.03. The lowest BCUT2D eigenvalue weighted by Crippen LogP contribution is -2.51. The average molecular weight is 396 g/mol. The number of carbonyl (C=O) groups is 2. The first kappa shape index (κ1) is 20.3. The van der Waals surface area contributed by atoms with Gasteiger partial charge in [0.15, 0.2) is 0 Å². The summed E-state index contributed by atoms with van der Waals surface area (Å²) in [5, 5.41) is 0. The standard InChI is InChI=1S/C19H29N3O4S/c1-13(17(20)23)22-7-5-19(6-8-22)14-12-16(27-15(14)4-10-26-19)18(24)21(2)9-11-25-3/h12-13H,4-11H2,1-3H3,(H2,20,23). The van der Waals surface area contributed by atoms with Gasteiger partial charge >= 0.3 is 0 Å². The summed E-state index contributed by atoms with van der Waals surface area (Å²) in [6.45, 7) is 5.14. The minimum Gasteiger partial charge on any atom is -0.383 e. The molecule has 2 N–H and O–H groups in total. The minimum atomic E-state index is -0.346. The van der Waals surface area contributed by atoms with Gasteiger partial charge in [-0.15, -0.1) is 11.3 Å². The molecule has 1 fully saturated rings. The number of rotatable bonds is 6. The fourth-order valence-electron chi connectivity index (χ4n) is 3.91. The lowest BCUT2D eigenvalue weighted by Gasteiger charge is -2.45. The van der Waals surface area contributed by atoms with Crippen molar-refractivity contribution in [2.75, 3.05) is 47.0 Å². The molecule has 2 aliphatic heterocycles. The highest BCUT2D eigenvalue weighted by Gasteiger charge is 2.43. The first-order chi connectivity index (χ1) is 12.9. The van der Waals surface area contributed by atoms with Crippen LogP contribution in [0.4, 0.5) is 0 Å². The van der Waals surface area contributed by atoms with E-state index >= 15 is 0 Å². The molecule has 0 radical (unpaired) electrons. The Balaban J connectivity index is 1.76. The van der Waals surface area contributed by atoms with E-state index in [4.69, 9.17) is 15.2 Å². The molecule has 8 heteroatoms. The molecule has 1 aromatic rings. The van der Waals surface area contributed by atoms with Crippen LogP contribution in [-0.2, 0) is 26.3 Å². The lowest BCUT2D eigenvalue weighted by molar-refractivity contribution is -0.128. The van der Waals surface area contributed by atoms with Crippen molar-refractivity contribution in [2.24, 2.45) is 5.73 Å². The van der Waals surface area contributed by atoms with Crippen LogP contribution in [0.3, 0.4) is 0 Å². The van der Waals surface area contributed by atoms with Gasteiger partial charge in [0, 0.05) is 45.1 Å². The number of fused-ring (bicyclic) bond motifs is 2. The summed E-state index contributed by atoms with van der Waals surface area (Å²) in [6, 6.07) is 1.76. The number of piperidine rings is 1. The van der Waals surface area contributed by atoms with Crippen molar-refractivity contribution in [3.05, 3.63) is 21.4 Å². The molecule has 0 bridgehead atoms. The van der Waals surface area contributed by atoms with Gasteiger partial charge < -0.3 is 20.1 Å². The maximum Gasteiger partial charge on any atom is 0.263 e. The zero-order valence-corrected chi connectivity index (χ0v) is 17.1. The monoisotopic (exact) mass is 395 g/mol. The largest absolute Gasteiger partial charge is 0.383 e. The van der Waals surface area contributed by atoms with Gasteiger partial charge in [-0.2, -0.15) is 0 Å². The van der Waals surface area contributed by atoms with Crippen molar-refractivity contribution in [3.8, 4) is 0 Å². The van der Waals surface area contributed by atoms with Crippen molar-refractivity contribution in [2.45, 2.75) is 37.8 Å². The zero-order valence-electron chi connectivity index (χ0n) is 16.3. The number of likely N-dealkylation sites (tertiary alicyclic amines) is 1. The highest BCUT2D eigenvalue weighted by molar-refractivity contribution is 7.14. The number of primary amides is 1. The molecular weight excluding hydrogens is 366 g/mol. The number of thiophene rings is 1. The van der Waals surface area contributed by atoms with Crippen LogP contribution in [0.25, 0.3) is 0 Å². The van der Waals surface area contributed by atoms with Gasteiger partial charge in [0.25, 0.3) is 5.91 Å². The van der Waals surface area contributed by atoms with E-state index < -0.39 is 0 Å². The van der Waals surface area contributed by atoms with Crippen molar-refractivity contribution in [3.63, 3.8) is 0 Å². The first-order valence-corrected chi connectivity index (χ1v) is 10.2. The fraction of sp³-hybridized carbons (Fsp3) is 0.684. The Kier molecular flexibility index (Phi) is 6.20. The zero-order chi connectivity index (χ0) is 19.6. The highest BCUT2D eigenvalue weighted by Crippen LogP contribution is 2.45. The number of hydrogen-bond acceptors (Lipinski definition) is 6. The van der Waals surface area contributed by atoms with Crippen molar-refractivity contribution in [1.29, 1.82) is 0 Å². The molecule has 3 heterocycles. The van der Waals surface area contributed by atoms with Crippen LogP contribution < -0.4 is 5.73 Å². The Labute approximate surface area is 164 Å². The maximum atomic E-state index is 12.7. The highest BCUT2D eigenvalue weighted by atomic mass is 32.1. The molecule has 0 aromatic carbocycles. The summed E-state index contributed by atoms with van der Waals surface area (Å²) < 4.78 is 11.3. The summed E-state index contributed by atoms with van der Waals surface area (Å²) in [5.41, 5.74) is 6.27. The van der Waals surface area contributed by atoms with E-state index in [0.29, 0.717) is 19.8 Å². The molecule has 0 saturated carbocycles. The number of nitrogens with two attached hydrogens (primary N) is 1. The molecule has 150 valence electrons. The molecule has 1 atom stereocenters. The van der Waals surface area contributed by atoms with Gasteiger partial charge in [-0.05, 0) is 31.4 Å². The molecule has 1 saturated heterocycles. The second-order valence-corrected chi connectivity index (χ2v) is 8.51. The fourth-order valence-corrected chi connectivity index (χ4v) is 5.13. The Morgan fingerprint density at radius 3 is 2.78 bits per heavy atom. The lowest BCUT2D eigenvalue weighted by atomic mass is 9.82. The second-order valence-electron chi connectivity index (χ2n) is 7.37. The maximum absolute atomic E-state index is 12.7. The van der Waals surface area contributed by atoms with Gasteiger partial charge in [0.2, 0.25) is 5.91 Å². The third-order valence-corrected chi connectivity index (χ3v) is 6.94. The SMILES string of the molecule is COCCN(C)C(=O)c1cc2c(s1)CCOC21CCN(C(C)C(N)=O)CC1. The van der Waals surface area contributed by atoms with Crippen LogP contribution in [0.15, 0.2) is 6.07 Å². The second kappa shape index (κ2) is 8.26. The van der Waals surface area contributed by atoms with Gasteiger partial charge in [-0.1, -0.05) is 0 Å². The summed E-state index contributed by atoms with van der Waals surface area (Å²) >= 11 is 1.59. The summed E-state index contributed by atoms with van der Waals surface area (Å²) in [7, 11) is 3.44. The molecule has 7 nitrogen and oxygen atoms in total. The molecule has 3 rings (SSSR count). The number of hydrogen-bond donors (Lipinski definition) is 1. The Morgan fingerprint density at radius 1 is 1.44 bits per heavy atom. The third-order valence-electron chi connectivity index (χ3n) is 5.76. The molecule has 2 amide bonds. The first-order valence-electron chi connectivity index (χ1n) is 9.43. The van der Waals surface area contributed by atoms with E-state index in [1.165, 1.54) is 4.88 Å². The molecule has 1 unspecified atom stereocenters. The molecular formula is C19H29N3O4S. The average Bonchev–Trinajstić information content (AvgIpc) is 3.11. The molecule has 1 spiro atoms. The Morgan fingerprint density at radius 2 is 2.15 bits per heavy atom. The van der Waals surface area contributed by atoms with Gasteiger partial charge in [0.05, 0.1) is 29.7 Å². The minimum absolute atomic E-state index is 0.0291. The van der Waals surface area contributed by atoms with Crippen molar-refractivity contribution < 1.29 is 19.1 Å². The van der Waals surface area contributed by atoms with Crippen molar-refractivity contribution >= 4 is 23.2 Å². The normalized spacial score (nSPS) is 20.3. The number of carbonyl (C=O) groups excluding carboxylic acids is 2. The molecule has 1 aromatic heterocycles. The molecule has 27 heavy (non-hydrogen) atoms. The van der Waals surface area contributed by atoms with Gasteiger partial charge in [-0.3, -0.25) is 14.5 Å². The van der Waals surface area contributed by atoms with E-state index in [1.807, 2.05) is 13.0 Å². The number of nitrogens with zero attached hydrogens (tertiary/aromatic N) is 2. The van der Waals surface area contributed by atoms with Crippen LogP contribution >= 0.6 is 11.3 Å². The topological polar surface area (TPSA) is 85.1 Å². The quantitative estimate of drug-likeness (QED) is 0.782. The van der Waals surface area contributed by atoms with Crippen LogP contribution in [0.1, 0.15) is 39.9 Å². The van der Waals surface area contributed by atoms with E-state index in [-0.39, 0.29) is 23.5 Å². The van der Waals surface area contributed by atoms with E-state index in [1.54, 1.807) is 30.4 Å². The Bertz CT molecular complexity index is 697. The smallest absolute Gasteiger partial charge is 0.263 e. The summed E-state index contributed by atoms with van der Waals surface area (Å²) in [4.78, 5) is 30.0. The Hall–Kier alpha value is -1.48. The van der Waals surface area contributed by atoms with Gasteiger partial charge in [-0.25, -0.2) is 0 Å². The van der Waals surface area contributed by atoms with Crippen LogP contribution in [0.2, 0.25) is 0 Å². The van der Waals surface area contributed by atoms with E-state index in [9.17, 15) is 9.59 Å². The predicted molar refractivity (Wildman–Crippen MR) is 104 cm³/mol. The van der Waals surface area contributed by atoms with E-state index in [2.05, 4.69) is 4.90 Å². The van der Waals surface area contributed by atoms with Gasteiger partial charge in [0.1, 0.15) is 0 Å². The predicted octanol–water partition coefficient (Wildman–Crippen LogP) is 1.20. The van der Waals surface area contributed by atoms with Crippen LogP contribution in [0, 0.1) is 0 Å². The number of likely N-dealkylation sites (N-methyl/N-ethyl adjacent to an activating group) is 1. The van der Waals surface area contributed by atoms with Crippen LogP contribution in [0.5, 0.6) is 0 Å². The van der Waals surface area contributed by atoms with Crippen molar-refractivity contribution in [1.82, 2.24) is 9.80 Å².